The number of hydrogen-bond donors (Lipinski definition) is 1. The number of nitrogens with one attached hydrogen (secondary N) is 1. The lowest BCUT2D eigenvalue weighted by molar-refractivity contribution is -0.907. The summed E-state index contributed by atoms with van der Waals surface area (Å²) in [6.07, 6.45) is 6.75. The van der Waals surface area contributed by atoms with Crippen molar-refractivity contribution in [3.63, 3.8) is 0 Å². The van der Waals surface area contributed by atoms with E-state index in [2.05, 4.69) is 34.6 Å². The van der Waals surface area contributed by atoms with Crippen LogP contribution in [0.2, 0.25) is 0 Å². The van der Waals surface area contributed by atoms with Crippen LogP contribution in [0.15, 0.2) is 0 Å². The monoisotopic (exact) mass is 214 g/mol. The lowest BCUT2D eigenvalue weighted by Crippen LogP contribution is -3.13. The Balaban J connectivity index is 3.98. The summed E-state index contributed by atoms with van der Waals surface area (Å²) in [5, 5.41) is 0. The molecule has 0 bridgehead atoms. The maximum absolute atomic E-state index is 2.41. The van der Waals surface area contributed by atoms with Gasteiger partial charge >= 0.3 is 0 Å². The zero-order valence-electron chi connectivity index (χ0n) is 11.7. The molecule has 0 radical (unpaired) electrons. The van der Waals surface area contributed by atoms with Crippen molar-refractivity contribution < 1.29 is 4.90 Å². The van der Waals surface area contributed by atoms with Crippen molar-refractivity contribution in [3.8, 4) is 0 Å². The van der Waals surface area contributed by atoms with Crippen LogP contribution in [0.1, 0.15) is 66.7 Å². The average molecular weight is 214 g/mol. The highest BCUT2D eigenvalue weighted by Crippen LogP contribution is 2.16. The molecule has 0 amide bonds. The Morgan fingerprint density at radius 2 is 1.33 bits per heavy atom. The van der Waals surface area contributed by atoms with Crippen LogP contribution < -0.4 is 4.90 Å². The van der Waals surface area contributed by atoms with Crippen LogP contribution in [0, 0.1) is 5.41 Å². The third-order valence-corrected chi connectivity index (χ3v) is 3.45. The molecule has 1 nitrogen and oxygen atoms in total. The molecule has 0 atom stereocenters. The van der Waals surface area contributed by atoms with Gasteiger partial charge in [0.2, 0.25) is 0 Å². The molecule has 0 fully saturated rings. The molecular formula is C14H32N+. The van der Waals surface area contributed by atoms with Crippen molar-refractivity contribution in [1.82, 2.24) is 0 Å². The summed E-state index contributed by atoms with van der Waals surface area (Å²) in [6, 6.07) is 0. The summed E-state index contributed by atoms with van der Waals surface area (Å²) in [5.41, 5.74) is 0.525. The highest BCUT2D eigenvalue weighted by atomic mass is 15.1. The van der Waals surface area contributed by atoms with Crippen LogP contribution in [0.3, 0.4) is 0 Å². The second kappa shape index (κ2) is 8.15. The fraction of sp³-hybridized carbons (Fsp3) is 1.00. The third kappa shape index (κ3) is 7.84. The first-order chi connectivity index (χ1) is 7.05. The zero-order valence-corrected chi connectivity index (χ0v) is 11.7. The molecule has 0 spiro atoms. The minimum atomic E-state index is 0.525. The molecule has 1 heteroatoms. The number of rotatable bonds is 9. The third-order valence-electron chi connectivity index (χ3n) is 3.45. The molecule has 15 heavy (non-hydrogen) atoms. The molecule has 0 unspecified atom stereocenters. The predicted octanol–water partition coefficient (Wildman–Crippen LogP) is 2.91. The van der Waals surface area contributed by atoms with Crippen LogP contribution in [0.5, 0.6) is 0 Å². The normalized spacial score (nSPS) is 12.4. The van der Waals surface area contributed by atoms with Crippen molar-refractivity contribution in [2.45, 2.75) is 66.7 Å². The minimum absolute atomic E-state index is 0.525. The van der Waals surface area contributed by atoms with Gasteiger partial charge in [0.1, 0.15) is 0 Å². The highest BCUT2D eigenvalue weighted by molar-refractivity contribution is 4.63. The van der Waals surface area contributed by atoms with Crippen LogP contribution in [0.25, 0.3) is 0 Å². The van der Waals surface area contributed by atoms with E-state index in [1.165, 1.54) is 51.7 Å². The lowest BCUT2D eigenvalue weighted by atomic mass is 9.89. The van der Waals surface area contributed by atoms with Crippen molar-refractivity contribution in [3.05, 3.63) is 0 Å². The number of unbranched alkanes of at least 4 members (excludes halogenated alkanes) is 2. The fourth-order valence-electron chi connectivity index (χ4n) is 1.96. The lowest BCUT2D eigenvalue weighted by Gasteiger charge is -2.29. The summed E-state index contributed by atoms with van der Waals surface area (Å²) >= 11 is 0. The zero-order chi connectivity index (χ0) is 11.7. The first-order valence-corrected chi connectivity index (χ1v) is 6.89. The van der Waals surface area contributed by atoms with E-state index in [1.807, 2.05) is 4.90 Å². The van der Waals surface area contributed by atoms with Crippen LogP contribution >= 0.6 is 0 Å². The van der Waals surface area contributed by atoms with Crippen LogP contribution in [-0.4, -0.2) is 19.6 Å². The molecular weight excluding hydrogens is 182 g/mol. The Morgan fingerprint density at radius 1 is 0.867 bits per heavy atom. The first-order valence-electron chi connectivity index (χ1n) is 6.89. The van der Waals surface area contributed by atoms with Gasteiger partial charge in [-0.05, 0) is 19.3 Å². The number of hydrogen-bond acceptors (Lipinski definition) is 0. The highest BCUT2D eigenvalue weighted by Gasteiger charge is 2.22. The Hall–Kier alpha value is -0.0400. The Morgan fingerprint density at radius 3 is 1.67 bits per heavy atom. The van der Waals surface area contributed by atoms with E-state index in [4.69, 9.17) is 0 Å². The quantitative estimate of drug-likeness (QED) is 0.602. The molecule has 0 aromatic heterocycles. The van der Waals surface area contributed by atoms with E-state index in [0.717, 1.165) is 0 Å². The fourth-order valence-corrected chi connectivity index (χ4v) is 1.96. The van der Waals surface area contributed by atoms with Crippen molar-refractivity contribution in [2.24, 2.45) is 5.41 Å². The van der Waals surface area contributed by atoms with Gasteiger partial charge in [-0.2, -0.15) is 0 Å². The van der Waals surface area contributed by atoms with Gasteiger partial charge in [-0.15, -0.1) is 0 Å². The summed E-state index contributed by atoms with van der Waals surface area (Å²) in [5.74, 6) is 0. The second-order valence-corrected chi connectivity index (χ2v) is 5.65. The molecule has 0 aromatic rings. The Labute approximate surface area is 97.2 Å². The topological polar surface area (TPSA) is 4.44 Å². The van der Waals surface area contributed by atoms with Gasteiger partial charge in [-0.1, -0.05) is 47.5 Å². The molecule has 0 rings (SSSR count). The average Bonchev–Trinajstić information content (AvgIpc) is 2.22. The summed E-state index contributed by atoms with van der Waals surface area (Å²) in [7, 11) is 0. The van der Waals surface area contributed by atoms with Gasteiger partial charge in [0, 0.05) is 5.41 Å². The maximum Gasteiger partial charge on any atom is 0.0822 e. The van der Waals surface area contributed by atoms with E-state index in [1.54, 1.807) is 0 Å². The predicted molar refractivity (Wildman–Crippen MR) is 69.5 cm³/mol. The van der Waals surface area contributed by atoms with E-state index in [0.29, 0.717) is 5.41 Å². The largest absolute Gasteiger partial charge is 0.334 e. The van der Waals surface area contributed by atoms with Crippen molar-refractivity contribution in [1.29, 1.82) is 0 Å². The van der Waals surface area contributed by atoms with Crippen LogP contribution in [0.4, 0.5) is 0 Å². The van der Waals surface area contributed by atoms with Crippen molar-refractivity contribution >= 4 is 0 Å². The Bertz CT molecular complexity index is 132. The SMILES string of the molecule is CCCC[NH+](CCCC)CC(C)(C)CC. The molecule has 0 saturated heterocycles. The molecule has 0 aliphatic carbocycles. The molecule has 0 aliphatic rings. The maximum atomic E-state index is 2.41. The van der Waals surface area contributed by atoms with Gasteiger partial charge in [0.15, 0.2) is 0 Å². The van der Waals surface area contributed by atoms with E-state index in [-0.39, 0.29) is 0 Å². The molecule has 0 heterocycles. The minimum Gasteiger partial charge on any atom is -0.334 e. The van der Waals surface area contributed by atoms with Gasteiger partial charge in [-0.3, -0.25) is 0 Å². The summed E-state index contributed by atoms with van der Waals surface area (Å²) in [6.45, 7) is 15.8. The summed E-state index contributed by atoms with van der Waals surface area (Å²) in [4.78, 5) is 1.82. The smallest absolute Gasteiger partial charge is 0.0822 e. The first kappa shape index (κ1) is 15.0. The second-order valence-electron chi connectivity index (χ2n) is 5.65. The number of quaternary nitrogens is 1. The Kier molecular flexibility index (Phi) is 8.13. The van der Waals surface area contributed by atoms with E-state index >= 15 is 0 Å². The van der Waals surface area contributed by atoms with Gasteiger partial charge in [-0.25, -0.2) is 0 Å². The van der Waals surface area contributed by atoms with E-state index < -0.39 is 0 Å². The molecule has 0 aliphatic heterocycles. The summed E-state index contributed by atoms with van der Waals surface area (Å²) < 4.78 is 0. The van der Waals surface area contributed by atoms with Crippen molar-refractivity contribution in [2.75, 3.05) is 19.6 Å². The standard InChI is InChI=1S/C14H31N/c1-6-9-11-15(12-10-7-2)13-14(4,5)8-3/h6-13H2,1-5H3/p+1. The molecule has 0 aromatic carbocycles. The van der Waals surface area contributed by atoms with Crippen LogP contribution in [-0.2, 0) is 0 Å². The molecule has 92 valence electrons. The van der Waals surface area contributed by atoms with Gasteiger partial charge < -0.3 is 4.90 Å². The molecule has 0 saturated carbocycles. The van der Waals surface area contributed by atoms with Gasteiger partial charge in [0.05, 0.1) is 19.6 Å². The van der Waals surface area contributed by atoms with Gasteiger partial charge in [0.25, 0.3) is 0 Å². The van der Waals surface area contributed by atoms with E-state index in [9.17, 15) is 0 Å². The molecule has 1 N–H and O–H groups in total.